The molecule has 3 aromatic rings. The summed E-state index contributed by atoms with van der Waals surface area (Å²) in [7, 11) is 1.78. The maximum atomic E-state index is 13.1. The van der Waals surface area contributed by atoms with Crippen LogP contribution in [0.5, 0.6) is 0 Å². The van der Waals surface area contributed by atoms with Gasteiger partial charge in [0.15, 0.2) is 0 Å². The third-order valence-corrected chi connectivity index (χ3v) is 8.92. The molecule has 0 radical (unpaired) electrons. The van der Waals surface area contributed by atoms with Crippen LogP contribution >= 0.6 is 0 Å². The normalized spacial score (nSPS) is 25.6. The van der Waals surface area contributed by atoms with Crippen LogP contribution in [0.1, 0.15) is 48.2 Å². The lowest BCUT2D eigenvalue weighted by Gasteiger charge is -2.32. The van der Waals surface area contributed by atoms with Crippen molar-refractivity contribution in [3.8, 4) is 5.69 Å². The summed E-state index contributed by atoms with van der Waals surface area (Å²) < 4.78 is 3.25. The third-order valence-electron chi connectivity index (χ3n) is 8.92. The molecule has 5 atom stereocenters. The number of fused-ring (bicyclic) bond motifs is 5. The number of nitrogens with zero attached hydrogens (tertiary/aromatic N) is 2. The fraction of sp³-hybridized carbons (Fsp3) is 0.414. The number of nitrogens with one attached hydrogen (secondary N) is 3. The van der Waals surface area contributed by atoms with E-state index < -0.39 is 5.91 Å². The van der Waals surface area contributed by atoms with Crippen molar-refractivity contribution in [2.45, 2.75) is 45.1 Å². The van der Waals surface area contributed by atoms with Crippen LogP contribution in [-0.4, -0.2) is 27.3 Å². The molecule has 2 aromatic carbocycles. The Bertz CT molecular complexity index is 1410. The minimum absolute atomic E-state index is 0.227. The highest BCUT2D eigenvalue weighted by Crippen LogP contribution is 2.58. The molecule has 5 unspecified atom stereocenters. The summed E-state index contributed by atoms with van der Waals surface area (Å²) in [5.41, 5.74) is 2.19. The summed E-state index contributed by atoms with van der Waals surface area (Å²) >= 11 is 0. The molecule has 8 nitrogen and oxygen atoms in total. The van der Waals surface area contributed by atoms with E-state index in [4.69, 9.17) is 0 Å². The van der Waals surface area contributed by atoms with Gasteiger partial charge < -0.3 is 16.0 Å². The van der Waals surface area contributed by atoms with E-state index in [1.165, 1.54) is 30.4 Å². The van der Waals surface area contributed by atoms with Crippen LogP contribution in [0.3, 0.4) is 0 Å². The lowest BCUT2D eigenvalue weighted by Crippen LogP contribution is -2.44. The van der Waals surface area contributed by atoms with Gasteiger partial charge in [-0.25, -0.2) is 9.48 Å². The number of para-hydroxylation sites is 1. The highest BCUT2D eigenvalue weighted by molar-refractivity contribution is 6.05. The predicted molar refractivity (Wildman–Crippen MR) is 143 cm³/mol. The van der Waals surface area contributed by atoms with Crippen molar-refractivity contribution in [2.24, 2.45) is 30.7 Å². The Balaban J connectivity index is 1.13. The van der Waals surface area contributed by atoms with Crippen LogP contribution < -0.4 is 21.5 Å². The molecule has 6 rings (SSSR count). The van der Waals surface area contributed by atoms with Crippen molar-refractivity contribution in [1.29, 1.82) is 0 Å². The van der Waals surface area contributed by atoms with E-state index in [1.54, 1.807) is 42.9 Å². The summed E-state index contributed by atoms with van der Waals surface area (Å²) in [5.74, 6) is 2.63. The number of hydrogen-bond donors (Lipinski definition) is 3. The first-order chi connectivity index (χ1) is 17.9. The Kier molecular flexibility index (Phi) is 5.89. The second-order valence-corrected chi connectivity index (χ2v) is 10.8. The first-order valence-corrected chi connectivity index (χ1v) is 13.2. The van der Waals surface area contributed by atoms with E-state index in [9.17, 15) is 14.4 Å². The Labute approximate surface area is 216 Å². The van der Waals surface area contributed by atoms with Crippen molar-refractivity contribution in [3.63, 3.8) is 0 Å². The van der Waals surface area contributed by atoms with E-state index in [0.29, 0.717) is 22.9 Å². The quantitative estimate of drug-likeness (QED) is 0.475. The fourth-order valence-corrected chi connectivity index (χ4v) is 7.21. The van der Waals surface area contributed by atoms with Gasteiger partial charge in [0.05, 0.1) is 11.4 Å². The zero-order valence-corrected chi connectivity index (χ0v) is 21.2. The molecule has 1 aromatic heterocycles. The number of hydrogen-bond acceptors (Lipinski definition) is 3. The van der Waals surface area contributed by atoms with Crippen molar-refractivity contribution in [3.05, 3.63) is 76.2 Å². The monoisotopic (exact) mass is 499 g/mol. The molecule has 3 amide bonds. The van der Waals surface area contributed by atoms with Crippen molar-refractivity contribution in [1.82, 2.24) is 14.7 Å². The van der Waals surface area contributed by atoms with Crippen molar-refractivity contribution < 1.29 is 9.59 Å². The van der Waals surface area contributed by atoms with Crippen molar-refractivity contribution in [2.75, 3.05) is 10.6 Å². The summed E-state index contributed by atoms with van der Waals surface area (Å²) in [6.45, 7) is 1.79. The molecule has 2 bridgehead atoms. The second-order valence-electron chi connectivity index (χ2n) is 10.8. The summed E-state index contributed by atoms with van der Waals surface area (Å²) in [4.78, 5) is 39.0. The largest absolute Gasteiger partial charge is 0.335 e. The number of aromatic nitrogens is 2. The van der Waals surface area contributed by atoms with Gasteiger partial charge in [0.2, 0.25) is 0 Å². The van der Waals surface area contributed by atoms with E-state index in [1.807, 2.05) is 30.3 Å². The first-order valence-electron chi connectivity index (χ1n) is 13.2. The number of urea groups is 1. The highest BCUT2D eigenvalue weighted by atomic mass is 16.2. The van der Waals surface area contributed by atoms with Crippen LogP contribution in [0, 0.1) is 30.6 Å². The average molecular weight is 500 g/mol. The Morgan fingerprint density at radius 2 is 1.70 bits per heavy atom. The number of rotatable bonds is 5. The van der Waals surface area contributed by atoms with Crippen LogP contribution in [-0.2, 0) is 7.05 Å². The summed E-state index contributed by atoms with van der Waals surface area (Å²) in [6, 6.07) is 16.1. The highest BCUT2D eigenvalue weighted by Gasteiger charge is 2.54. The number of amides is 3. The Morgan fingerprint density at radius 3 is 2.51 bits per heavy atom. The Hall–Kier alpha value is -3.81. The van der Waals surface area contributed by atoms with Gasteiger partial charge in [0, 0.05) is 24.3 Å². The predicted octanol–water partition coefficient (Wildman–Crippen LogP) is 4.68. The molecule has 0 saturated heterocycles. The topological polar surface area (TPSA) is 97.2 Å². The SMILES string of the molecule is Cc1c(NC(=O)c2cccc(NC(=O)NC3CC4CC3C3CCCC43)c2)c(=O)n(-c2ccccc2)n1C. The summed E-state index contributed by atoms with van der Waals surface area (Å²) in [5, 5.41) is 8.89. The minimum atomic E-state index is -0.407. The van der Waals surface area contributed by atoms with Gasteiger partial charge in [-0.2, -0.15) is 0 Å². The fourth-order valence-electron chi connectivity index (χ4n) is 7.21. The molecular weight excluding hydrogens is 466 g/mol. The van der Waals surface area contributed by atoms with E-state index >= 15 is 0 Å². The van der Waals surface area contributed by atoms with Crippen LogP contribution in [0.25, 0.3) is 5.69 Å². The summed E-state index contributed by atoms with van der Waals surface area (Å²) in [6.07, 6.45) is 6.33. The smallest absolute Gasteiger partial charge is 0.319 e. The third kappa shape index (κ3) is 4.14. The Morgan fingerprint density at radius 1 is 0.919 bits per heavy atom. The molecule has 37 heavy (non-hydrogen) atoms. The lowest BCUT2D eigenvalue weighted by molar-refractivity contribution is 0.102. The van der Waals surface area contributed by atoms with Crippen LogP contribution in [0.2, 0.25) is 0 Å². The van der Waals surface area contributed by atoms with Gasteiger partial charge in [-0.05, 0) is 86.6 Å². The van der Waals surface area contributed by atoms with Gasteiger partial charge in [-0.15, -0.1) is 0 Å². The number of anilines is 2. The number of carbonyl (C=O) groups is 2. The van der Waals surface area contributed by atoms with Gasteiger partial charge >= 0.3 is 6.03 Å². The average Bonchev–Trinajstić information content (AvgIpc) is 3.65. The van der Waals surface area contributed by atoms with Gasteiger partial charge in [-0.3, -0.25) is 14.3 Å². The second kappa shape index (κ2) is 9.25. The molecule has 192 valence electrons. The molecule has 0 aliphatic heterocycles. The number of carbonyl (C=O) groups excluding carboxylic acids is 2. The van der Waals surface area contributed by atoms with Gasteiger partial charge in [-0.1, -0.05) is 30.7 Å². The molecular formula is C29H33N5O3. The maximum Gasteiger partial charge on any atom is 0.319 e. The molecule has 3 aliphatic rings. The molecule has 3 aliphatic carbocycles. The van der Waals surface area contributed by atoms with Gasteiger partial charge in [0.25, 0.3) is 11.5 Å². The van der Waals surface area contributed by atoms with E-state index in [0.717, 1.165) is 29.9 Å². The standard InChI is InChI=1S/C29H33N5O3/c1-17-26(28(36)34(33(17)2)21-10-4-3-5-11-21)32-27(35)18-8-6-9-20(14-18)30-29(37)31-25-16-19-15-24(25)23-13-7-12-22(19)23/h3-6,8-11,14,19,22-25H,7,12-13,15-16H2,1-2H3,(H,32,35)(H2,30,31,37). The van der Waals surface area contributed by atoms with E-state index in [2.05, 4.69) is 16.0 Å². The van der Waals surface area contributed by atoms with Gasteiger partial charge in [0.1, 0.15) is 5.69 Å². The molecule has 1 heterocycles. The first kappa shape index (κ1) is 23.6. The minimum Gasteiger partial charge on any atom is -0.335 e. The van der Waals surface area contributed by atoms with Crippen LogP contribution in [0.4, 0.5) is 16.2 Å². The molecule has 3 saturated carbocycles. The zero-order valence-electron chi connectivity index (χ0n) is 21.2. The zero-order chi connectivity index (χ0) is 25.7. The molecule has 8 heteroatoms. The molecule has 3 N–H and O–H groups in total. The lowest BCUT2D eigenvalue weighted by atomic mass is 9.79. The van der Waals surface area contributed by atoms with E-state index in [-0.39, 0.29) is 23.3 Å². The molecule has 0 spiro atoms. The maximum absolute atomic E-state index is 13.1. The van der Waals surface area contributed by atoms with Crippen LogP contribution in [0.15, 0.2) is 59.4 Å². The number of benzene rings is 2. The van der Waals surface area contributed by atoms with Crippen molar-refractivity contribution >= 4 is 23.3 Å². The molecule has 3 fully saturated rings.